The van der Waals surface area contributed by atoms with E-state index in [4.69, 9.17) is 9.72 Å². The minimum atomic E-state index is -0.337. The van der Waals surface area contributed by atoms with E-state index in [-0.39, 0.29) is 24.2 Å². The lowest BCUT2D eigenvalue weighted by Crippen LogP contribution is -2.27. The highest BCUT2D eigenvalue weighted by atomic mass is 19.1. The molecule has 0 bridgehead atoms. The lowest BCUT2D eigenvalue weighted by atomic mass is 10.1. The number of benzene rings is 1. The topological polar surface area (TPSA) is 104 Å². The van der Waals surface area contributed by atoms with Crippen molar-refractivity contribution in [1.29, 1.82) is 5.26 Å². The molecule has 1 atom stereocenters. The van der Waals surface area contributed by atoms with Crippen molar-refractivity contribution in [2.45, 2.75) is 18.9 Å². The van der Waals surface area contributed by atoms with Gasteiger partial charge in [0.25, 0.3) is 0 Å². The van der Waals surface area contributed by atoms with Crippen LogP contribution in [0.25, 0.3) is 28.1 Å². The molecule has 166 valence electrons. The summed E-state index contributed by atoms with van der Waals surface area (Å²) in [5, 5.41) is 9.25. The number of fused-ring (bicyclic) bond motifs is 2. The number of nitriles is 1. The molecule has 0 fully saturated rings. The Kier molecular flexibility index (Phi) is 5.32. The number of ether oxygens (including phenoxy) is 1. The molecule has 0 N–H and O–H groups in total. The maximum Gasteiger partial charge on any atom is 0.330 e. The van der Waals surface area contributed by atoms with Gasteiger partial charge in [0.1, 0.15) is 17.7 Å². The second-order valence-electron chi connectivity index (χ2n) is 7.79. The SMILES string of the molecule is Cn1c(=O)n([C@H]2C/C=C\C=C(\F)COCC2)c2nc(-n3cnc4ccc(C#N)cc43)ncc21. The number of hydrogen-bond donors (Lipinski definition) is 0. The van der Waals surface area contributed by atoms with Crippen LogP contribution in [0.2, 0.25) is 0 Å². The minimum absolute atomic E-state index is 0.0911. The number of rotatable bonds is 2. The summed E-state index contributed by atoms with van der Waals surface area (Å²) in [7, 11) is 1.68. The first kappa shape index (κ1) is 20.8. The Morgan fingerprint density at radius 1 is 1.27 bits per heavy atom. The first-order chi connectivity index (χ1) is 16.1. The summed E-state index contributed by atoms with van der Waals surface area (Å²) in [6.07, 6.45) is 9.10. The van der Waals surface area contributed by atoms with Crippen LogP contribution in [-0.2, 0) is 11.8 Å². The zero-order valence-corrected chi connectivity index (χ0v) is 17.8. The molecular weight excluding hydrogens is 425 g/mol. The third kappa shape index (κ3) is 3.72. The second kappa shape index (κ2) is 8.44. The molecule has 9 nitrogen and oxygen atoms in total. The van der Waals surface area contributed by atoms with Crippen LogP contribution in [0.4, 0.5) is 4.39 Å². The van der Waals surface area contributed by atoms with E-state index in [1.165, 1.54) is 10.6 Å². The summed E-state index contributed by atoms with van der Waals surface area (Å²) >= 11 is 0. The highest BCUT2D eigenvalue weighted by Gasteiger charge is 2.21. The van der Waals surface area contributed by atoms with Crippen LogP contribution < -0.4 is 5.69 Å². The van der Waals surface area contributed by atoms with Crippen molar-refractivity contribution >= 4 is 22.2 Å². The summed E-state index contributed by atoms with van der Waals surface area (Å²) in [6.45, 7) is 0.218. The van der Waals surface area contributed by atoms with Crippen molar-refractivity contribution in [3.8, 4) is 12.0 Å². The molecule has 4 heterocycles. The Balaban J connectivity index is 1.64. The van der Waals surface area contributed by atoms with E-state index in [0.29, 0.717) is 53.2 Å². The zero-order chi connectivity index (χ0) is 22.9. The summed E-state index contributed by atoms with van der Waals surface area (Å²) < 4.78 is 23.8. The van der Waals surface area contributed by atoms with Crippen molar-refractivity contribution < 1.29 is 9.13 Å². The van der Waals surface area contributed by atoms with E-state index in [9.17, 15) is 14.4 Å². The predicted molar refractivity (Wildman–Crippen MR) is 120 cm³/mol. The van der Waals surface area contributed by atoms with Crippen LogP contribution >= 0.6 is 0 Å². The third-order valence-corrected chi connectivity index (χ3v) is 5.73. The van der Waals surface area contributed by atoms with E-state index in [1.54, 1.807) is 53.0 Å². The Hall–Kier alpha value is -4.10. The lowest BCUT2D eigenvalue weighted by Gasteiger charge is -2.17. The number of halogens is 1. The van der Waals surface area contributed by atoms with Gasteiger partial charge >= 0.3 is 5.69 Å². The van der Waals surface area contributed by atoms with Gasteiger partial charge in [-0.2, -0.15) is 10.2 Å². The molecule has 0 saturated carbocycles. The molecule has 33 heavy (non-hydrogen) atoms. The fraction of sp³-hybridized carbons (Fsp3) is 0.261. The summed E-state index contributed by atoms with van der Waals surface area (Å²) in [5.74, 6) is 0.00706. The molecule has 4 aromatic rings. The average Bonchev–Trinajstić information content (AvgIpc) is 3.36. The number of aryl methyl sites for hydroxylation is 1. The zero-order valence-electron chi connectivity index (χ0n) is 17.8. The molecule has 0 radical (unpaired) electrons. The van der Waals surface area contributed by atoms with E-state index in [2.05, 4.69) is 16.0 Å². The maximum atomic E-state index is 13.6. The van der Waals surface area contributed by atoms with Gasteiger partial charge < -0.3 is 4.74 Å². The van der Waals surface area contributed by atoms with Gasteiger partial charge in [0.2, 0.25) is 5.95 Å². The monoisotopic (exact) mass is 445 g/mol. The van der Waals surface area contributed by atoms with Gasteiger partial charge in [-0.25, -0.2) is 19.2 Å². The molecule has 0 spiro atoms. The number of nitrogens with zero attached hydrogens (tertiary/aromatic N) is 7. The third-order valence-electron chi connectivity index (χ3n) is 5.73. The first-order valence-corrected chi connectivity index (χ1v) is 10.5. The second-order valence-corrected chi connectivity index (χ2v) is 7.79. The predicted octanol–water partition coefficient (Wildman–Crippen LogP) is 3.10. The smallest absolute Gasteiger partial charge is 0.330 e. The Morgan fingerprint density at radius 3 is 3.00 bits per heavy atom. The quantitative estimate of drug-likeness (QED) is 0.470. The van der Waals surface area contributed by atoms with Crippen molar-refractivity contribution in [2.24, 2.45) is 7.05 Å². The Labute approximate surface area is 187 Å². The molecule has 1 aromatic carbocycles. The Morgan fingerprint density at radius 2 is 2.15 bits per heavy atom. The van der Waals surface area contributed by atoms with Gasteiger partial charge in [-0.15, -0.1) is 0 Å². The highest BCUT2D eigenvalue weighted by Crippen LogP contribution is 2.24. The lowest BCUT2D eigenvalue weighted by molar-refractivity contribution is 0.128. The maximum absolute atomic E-state index is 13.6. The molecule has 0 saturated heterocycles. The van der Waals surface area contributed by atoms with Crippen molar-refractivity contribution in [3.63, 3.8) is 0 Å². The summed E-state index contributed by atoms with van der Waals surface area (Å²) in [5.41, 5.74) is 2.78. The van der Waals surface area contributed by atoms with Gasteiger partial charge in [0.05, 0.1) is 35.5 Å². The van der Waals surface area contributed by atoms with E-state index in [0.717, 1.165) is 0 Å². The van der Waals surface area contributed by atoms with Crippen LogP contribution in [0.5, 0.6) is 0 Å². The van der Waals surface area contributed by atoms with Crippen LogP contribution in [0.3, 0.4) is 0 Å². The molecule has 0 aliphatic carbocycles. The Bertz CT molecular complexity index is 1520. The van der Waals surface area contributed by atoms with Gasteiger partial charge in [-0.3, -0.25) is 13.7 Å². The fourth-order valence-corrected chi connectivity index (χ4v) is 4.01. The number of aromatic nitrogens is 6. The van der Waals surface area contributed by atoms with Gasteiger partial charge in [0.15, 0.2) is 5.65 Å². The molecule has 5 rings (SSSR count). The fourth-order valence-electron chi connectivity index (χ4n) is 4.01. The number of allylic oxidation sites excluding steroid dienone is 3. The molecule has 0 unspecified atom stereocenters. The molecular formula is C23H20FN7O2. The number of imidazole rings is 2. The van der Waals surface area contributed by atoms with Crippen molar-refractivity contribution in [2.75, 3.05) is 13.2 Å². The van der Waals surface area contributed by atoms with Crippen molar-refractivity contribution in [1.82, 2.24) is 28.7 Å². The van der Waals surface area contributed by atoms with Crippen LogP contribution in [0.15, 0.2) is 59.6 Å². The largest absolute Gasteiger partial charge is 0.374 e. The van der Waals surface area contributed by atoms with Crippen LogP contribution in [0.1, 0.15) is 24.4 Å². The molecule has 1 aliphatic rings. The van der Waals surface area contributed by atoms with Gasteiger partial charge in [0, 0.05) is 19.7 Å². The normalized spacial score (nSPS) is 19.8. The van der Waals surface area contributed by atoms with Crippen molar-refractivity contribution in [3.05, 3.63) is 70.8 Å². The van der Waals surface area contributed by atoms with Crippen LogP contribution in [-0.4, -0.2) is 41.9 Å². The highest BCUT2D eigenvalue weighted by molar-refractivity contribution is 5.79. The number of hydrogen-bond acceptors (Lipinski definition) is 6. The van der Waals surface area contributed by atoms with E-state index < -0.39 is 0 Å². The molecule has 10 heteroatoms. The van der Waals surface area contributed by atoms with Crippen LogP contribution in [0, 0.1) is 11.3 Å². The molecule has 0 amide bonds. The first-order valence-electron chi connectivity index (χ1n) is 10.5. The average molecular weight is 445 g/mol. The van der Waals surface area contributed by atoms with Gasteiger partial charge in [-0.1, -0.05) is 12.2 Å². The van der Waals surface area contributed by atoms with E-state index >= 15 is 0 Å². The van der Waals surface area contributed by atoms with E-state index in [1.807, 2.05) is 6.08 Å². The minimum Gasteiger partial charge on any atom is -0.374 e. The summed E-state index contributed by atoms with van der Waals surface area (Å²) in [4.78, 5) is 26.7. The summed E-state index contributed by atoms with van der Waals surface area (Å²) in [6, 6.07) is 7.10. The molecule has 1 aliphatic heterocycles. The van der Waals surface area contributed by atoms with Gasteiger partial charge in [-0.05, 0) is 37.1 Å². The molecule has 3 aromatic heterocycles. The standard InChI is InChI=1S/C23H20FN7O2/c1-29-20-12-26-22(30-14-27-18-7-6-15(11-25)10-19(18)30)28-21(20)31(23(29)32)17-5-3-2-4-16(24)13-33-9-8-17/h2-4,6-7,10,12,14,17H,5,8-9,13H2,1H3/b3-2-,16-4+/t17-/m0/s1.